The molecule has 0 aliphatic heterocycles. The lowest BCUT2D eigenvalue weighted by Crippen LogP contribution is -2.18. The minimum absolute atomic E-state index is 0.786. The van der Waals surface area contributed by atoms with Gasteiger partial charge in [-0.25, -0.2) is 0 Å². The third kappa shape index (κ3) is 3.95. The van der Waals surface area contributed by atoms with E-state index in [2.05, 4.69) is 26.0 Å². The van der Waals surface area contributed by atoms with E-state index in [1.54, 1.807) is 0 Å². The zero-order valence-corrected chi connectivity index (χ0v) is 9.00. The highest BCUT2D eigenvalue weighted by Crippen LogP contribution is 2.33. The van der Waals surface area contributed by atoms with Gasteiger partial charge in [-0.05, 0) is 50.0 Å². The molecule has 0 amide bonds. The summed E-state index contributed by atoms with van der Waals surface area (Å²) in [5.74, 6) is 2.65. The minimum Gasteiger partial charge on any atom is -0.330 e. The molecule has 0 aromatic heterocycles. The van der Waals surface area contributed by atoms with Crippen LogP contribution in [0.2, 0.25) is 0 Å². The van der Waals surface area contributed by atoms with Crippen LogP contribution in [0.5, 0.6) is 0 Å². The number of rotatable bonds is 3. The van der Waals surface area contributed by atoms with Crippen LogP contribution in [0.3, 0.4) is 0 Å². The van der Waals surface area contributed by atoms with Gasteiger partial charge in [0.1, 0.15) is 0 Å². The van der Waals surface area contributed by atoms with Crippen molar-refractivity contribution in [2.24, 2.45) is 23.5 Å². The molecule has 0 aromatic rings. The molecule has 1 nitrogen and oxygen atoms in total. The Balaban J connectivity index is 2.32. The van der Waals surface area contributed by atoms with Gasteiger partial charge >= 0.3 is 0 Å². The van der Waals surface area contributed by atoms with Crippen LogP contribution in [0.4, 0.5) is 0 Å². The fourth-order valence-electron chi connectivity index (χ4n) is 2.55. The largest absolute Gasteiger partial charge is 0.330 e. The van der Waals surface area contributed by atoms with Crippen LogP contribution >= 0.6 is 0 Å². The van der Waals surface area contributed by atoms with Gasteiger partial charge in [0.15, 0.2) is 0 Å². The van der Waals surface area contributed by atoms with Gasteiger partial charge in [-0.2, -0.15) is 0 Å². The first-order valence-electron chi connectivity index (χ1n) is 5.59. The van der Waals surface area contributed by atoms with Gasteiger partial charge in [0.25, 0.3) is 0 Å². The fourth-order valence-corrected chi connectivity index (χ4v) is 2.55. The molecule has 0 saturated heterocycles. The second kappa shape index (κ2) is 5.43. The first-order valence-corrected chi connectivity index (χ1v) is 5.59. The van der Waals surface area contributed by atoms with E-state index in [4.69, 9.17) is 5.73 Å². The molecule has 1 aliphatic rings. The topological polar surface area (TPSA) is 26.0 Å². The number of hydrogen-bond donors (Lipinski definition) is 1. The maximum absolute atomic E-state index is 5.45. The molecule has 1 aliphatic carbocycles. The number of allylic oxidation sites excluding steroid dienone is 1. The highest BCUT2D eigenvalue weighted by atomic mass is 14.5. The Kier molecular flexibility index (Phi) is 4.51. The average molecular weight is 181 g/mol. The van der Waals surface area contributed by atoms with Gasteiger partial charge in [0, 0.05) is 0 Å². The summed E-state index contributed by atoms with van der Waals surface area (Å²) < 4.78 is 0. The van der Waals surface area contributed by atoms with E-state index in [9.17, 15) is 0 Å². The molecular formula is C12H23N. The Bertz CT molecular complexity index is 153. The summed E-state index contributed by atoms with van der Waals surface area (Å²) in [5, 5.41) is 0. The molecule has 1 rings (SSSR count). The summed E-state index contributed by atoms with van der Waals surface area (Å²) in [6.07, 6.45) is 9.87. The maximum atomic E-state index is 5.45. The molecule has 2 atom stereocenters. The molecule has 0 spiro atoms. The molecule has 2 N–H and O–H groups in total. The lowest BCUT2D eigenvalue weighted by Gasteiger charge is -2.29. The molecular weight excluding hydrogens is 158 g/mol. The van der Waals surface area contributed by atoms with Crippen molar-refractivity contribution in [3.05, 3.63) is 12.2 Å². The summed E-state index contributed by atoms with van der Waals surface area (Å²) >= 11 is 0. The molecule has 2 unspecified atom stereocenters. The molecule has 13 heavy (non-hydrogen) atoms. The van der Waals surface area contributed by atoms with Crippen LogP contribution < -0.4 is 5.73 Å². The van der Waals surface area contributed by atoms with Crippen molar-refractivity contribution in [2.75, 3.05) is 6.54 Å². The Morgan fingerprint density at radius 2 is 1.77 bits per heavy atom. The van der Waals surface area contributed by atoms with Gasteiger partial charge in [0.05, 0.1) is 0 Å². The molecule has 1 fully saturated rings. The number of nitrogens with two attached hydrogens (primary N) is 1. The molecule has 0 radical (unpaired) electrons. The zero-order chi connectivity index (χ0) is 9.68. The lowest BCUT2D eigenvalue weighted by atomic mass is 9.76. The standard InChI is InChI=1S/C12H23N/c1-10-7-11(2)9-12(8-10)5-3-4-6-13/h3,5,10-12H,4,6-9,13H2,1-2H3. The smallest absolute Gasteiger partial charge is 0.00426 e. The van der Waals surface area contributed by atoms with Crippen LogP contribution in [-0.2, 0) is 0 Å². The van der Waals surface area contributed by atoms with E-state index in [1.165, 1.54) is 19.3 Å². The molecule has 1 heteroatoms. The summed E-state index contributed by atoms with van der Waals surface area (Å²) in [4.78, 5) is 0. The third-order valence-corrected chi connectivity index (χ3v) is 2.96. The predicted octanol–water partition coefficient (Wildman–Crippen LogP) is 2.96. The van der Waals surface area contributed by atoms with Gasteiger partial charge in [-0.1, -0.05) is 26.0 Å². The summed E-state index contributed by atoms with van der Waals surface area (Å²) in [7, 11) is 0. The monoisotopic (exact) mass is 181 g/mol. The van der Waals surface area contributed by atoms with Crippen molar-refractivity contribution in [1.82, 2.24) is 0 Å². The van der Waals surface area contributed by atoms with Crippen LogP contribution in [-0.4, -0.2) is 6.54 Å². The van der Waals surface area contributed by atoms with Crippen molar-refractivity contribution in [3.63, 3.8) is 0 Å². The van der Waals surface area contributed by atoms with Crippen molar-refractivity contribution in [1.29, 1.82) is 0 Å². The Hall–Kier alpha value is -0.300. The van der Waals surface area contributed by atoms with Crippen LogP contribution in [0, 0.1) is 17.8 Å². The number of hydrogen-bond acceptors (Lipinski definition) is 1. The highest BCUT2D eigenvalue weighted by molar-refractivity contribution is 4.92. The Labute approximate surface area is 82.4 Å². The SMILES string of the molecule is CC1CC(C)CC(C=CCCN)C1. The van der Waals surface area contributed by atoms with Crippen LogP contribution in [0.1, 0.15) is 39.5 Å². The predicted molar refractivity (Wildman–Crippen MR) is 58.5 cm³/mol. The second-order valence-electron chi connectivity index (χ2n) is 4.68. The highest BCUT2D eigenvalue weighted by Gasteiger charge is 2.21. The zero-order valence-electron chi connectivity index (χ0n) is 9.00. The quantitative estimate of drug-likeness (QED) is 0.666. The van der Waals surface area contributed by atoms with Crippen LogP contribution in [0.25, 0.3) is 0 Å². The van der Waals surface area contributed by atoms with Gasteiger partial charge in [-0.3, -0.25) is 0 Å². The minimum atomic E-state index is 0.786. The Morgan fingerprint density at radius 3 is 2.31 bits per heavy atom. The normalized spacial score (nSPS) is 35.5. The Morgan fingerprint density at radius 1 is 1.15 bits per heavy atom. The van der Waals surface area contributed by atoms with Gasteiger partial charge in [0.2, 0.25) is 0 Å². The third-order valence-electron chi connectivity index (χ3n) is 2.96. The van der Waals surface area contributed by atoms with E-state index in [0.29, 0.717) is 0 Å². The van der Waals surface area contributed by atoms with Crippen LogP contribution in [0.15, 0.2) is 12.2 Å². The van der Waals surface area contributed by atoms with Crippen molar-refractivity contribution >= 4 is 0 Å². The first kappa shape index (κ1) is 10.8. The molecule has 0 aromatic carbocycles. The van der Waals surface area contributed by atoms with E-state index in [1.807, 2.05) is 0 Å². The summed E-state index contributed by atoms with van der Waals surface area (Å²) in [6, 6.07) is 0. The van der Waals surface area contributed by atoms with E-state index < -0.39 is 0 Å². The molecule has 0 heterocycles. The molecule has 0 bridgehead atoms. The van der Waals surface area contributed by atoms with Crippen molar-refractivity contribution < 1.29 is 0 Å². The second-order valence-corrected chi connectivity index (χ2v) is 4.68. The fraction of sp³-hybridized carbons (Fsp3) is 0.833. The summed E-state index contributed by atoms with van der Waals surface area (Å²) in [6.45, 7) is 5.53. The van der Waals surface area contributed by atoms with Gasteiger partial charge < -0.3 is 5.73 Å². The summed E-state index contributed by atoms with van der Waals surface area (Å²) in [5.41, 5.74) is 5.45. The maximum Gasteiger partial charge on any atom is -0.00426 e. The van der Waals surface area contributed by atoms with Crippen molar-refractivity contribution in [3.8, 4) is 0 Å². The first-order chi connectivity index (χ1) is 6.22. The van der Waals surface area contributed by atoms with E-state index in [0.717, 1.165) is 30.7 Å². The van der Waals surface area contributed by atoms with Gasteiger partial charge in [-0.15, -0.1) is 0 Å². The molecule has 76 valence electrons. The molecule has 1 saturated carbocycles. The average Bonchev–Trinajstić information content (AvgIpc) is 2.03. The lowest BCUT2D eigenvalue weighted by molar-refractivity contribution is 0.252. The van der Waals surface area contributed by atoms with E-state index >= 15 is 0 Å². The van der Waals surface area contributed by atoms with Crippen molar-refractivity contribution in [2.45, 2.75) is 39.5 Å². The van der Waals surface area contributed by atoms with E-state index in [-0.39, 0.29) is 0 Å².